The van der Waals surface area contributed by atoms with Gasteiger partial charge in [0.05, 0.1) is 16.7 Å². The summed E-state index contributed by atoms with van der Waals surface area (Å²) in [6, 6.07) is 18.7. The lowest BCUT2D eigenvalue weighted by Gasteiger charge is -2.24. The van der Waals surface area contributed by atoms with E-state index in [2.05, 4.69) is 11.1 Å². The molecular formula is C31H33Cl2N3O4. The summed E-state index contributed by atoms with van der Waals surface area (Å²) in [5, 5.41) is 2.03. The molecule has 0 atom stereocenters. The van der Waals surface area contributed by atoms with Crippen molar-refractivity contribution in [1.29, 1.82) is 0 Å². The van der Waals surface area contributed by atoms with Gasteiger partial charge in [-0.2, -0.15) is 0 Å². The zero-order valence-electron chi connectivity index (χ0n) is 22.8. The summed E-state index contributed by atoms with van der Waals surface area (Å²) in [7, 11) is 0. The number of hydrogen-bond acceptors (Lipinski definition) is 4. The molecule has 210 valence electrons. The van der Waals surface area contributed by atoms with Crippen molar-refractivity contribution in [3.63, 3.8) is 0 Å². The lowest BCUT2D eigenvalue weighted by molar-refractivity contribution is -0.158. The fourth-order valence-corrected chi connectivity index (χ4v) is 4.96. The van der Waals surface area contributed by atoms with E-state index in [4.69, 9.17) is 38.4 Å². The van der Waals surface area contributed by atoms with Gasteiger partial charge in [0.25, 0.3) is 0 Å². The molecule has 3 N–H and O–H groups in total. The third-order valence-electron chi connectivity index (χ3n) is 6.70. The van der Waals surface area contributed by atoms with Crippen molar-refractivity contribution >= 4 is 46.1 Å². The Kier molecular flexibility index (Phi) is 9.28. The Balaban J connectivity index is 1.40. The molecule has 7 nitrogen and oxygen atoms in total. The van der Waals surface area contributed by atoms with E-state index < -0.39 is 17.6 Å². The molecule has 0 unspecified atom stereocenters. The minimum absolute atomic E-state index is 0.289. The summed E-state index contributed by atoms with van der Waals surface area (Å²) in [5.74, 6) is 0.132. The highest BCUT2D eigenvalue weighted by atomic mass is 35.5. The van der Waals surface area contributed by atoms with Crippen LogP contribution < -0.4 is 10.5 Å². The van der Waals surface area contributed by atoms with Gasteiger partial charge in [-0.1, -0.05) is 59.6 Å². The first-order chi connectivity index (χ1) is 19.1. The number of fused-ring (bicyclic) bond motifs is 1. The number of nitrogens with zero attached hydrogens (tertiary/aromatic N) is 1. The number of ether oxygens (including phenoxy) is 2. The molecule has 9 heteroatoms. The van der Waals surface area contributed by atoms with Crippen molar-refractivity contribution in [2.75, 3.05) is 19.7 Å². The van der Waals surface area contributed by atoms with E-state index in [0.717, 1.165) is 33.2 Å². The van der Waals surface area contributed by atoms with Gasteiger partial charge in [-0.15, -0.1) is 0 Å². The van der Waals surface area contributed by atoms with E-state index in [1.54, 1.807) is 31.7 Å². The number of carbonyl (C=O) groups excluding carboxylic acids is 2. The van der Waals surface area contributed by atoms with Crippen molar-refractivity contribution in [3.8, 4) is 16.9 Å². The number of H-pyrrole nitrogens is 1. The monoisotopic (exact) mass is 581 g/mol. The van der Waals surface area contributed by atoms with Crippen LogP contribution in [0.1, 0.15) is 31.9 Å². The lowest BCUT2D eigenvalue weighted by atomic mass is 10.0. The molecule has 0 radical (unpaired) electrons. The highest BCUT2D eigenvalue weighted by Gasteiger charge is 2.31. The largest absolute Gasteiger partial charge is 0.476 e. The molecule has 0 aliphatic rings. The van der Waals surface area contributed by atoms with E-state index in [9.17, 15) is 9.59 Å². The number of rotatable bonds is 11. The number of esters is 1. The van der Waals surface area contributed by atoms with E-state index in [1.807, 2.05) is 54.7 Å². The van der Waals surface area contributed by atoms with Gasteiger partial charge in [-0.05, 0) is 68.5 Å². The van der Waals surface area contributed by atoms with Crippen molar-refractivity contribution in [1.82, 2.24) is 9.88 Å². The predicted molar refractivity (Wildman–Crippen MR) is 160 cm³/mol. The molecule has 1 heterocycles. The number of carbonyl (C=O) groups is 2. The summed E-state index contributed by atoms with van der Waals surface area (Å²) >= 11 is 12.6. The first-order valence-corrected chi connectivity index (χ1v) is 13.9. The average Bonchev–Trinajstić information content (AvgIpc) is 3.32. The summed E-state index contributed by atoms with van der Waals surface area (Å²) in [6.45, 7) is 6.35. The molecule has 4 rings (SSSR count). The fraction of sp³-hybridized carbons (Fsp3) is 0.290. The minimum Gasteiger partial charge on any atom is -0.476 e. The Morgan fingerprint density at radius 2 is 1.75 bits per heavy atom. The topological polar surface area (TPSA) is 97.7 Å². The standard InChI is InChI=1S/C31H33Cl2N3O4/c1-4-39-29(37)31(2,3)40-23-11-12-24-22(19-35-27(24)18-23)14-16-36(30(34)38)15-13-20-7-5-8-21(17-20)25-9-6-10-26(32)28(25)33/h5-12,17-19,35H,4,13-16H2,1-3H3,(H2,34,38). The first-order valence-electron chi connectivity index (χ1n) is 13.1. The maximum absolute atomic E-state index is 12.2. The molecule has 40 heavy (non-hydrogen) atoms. The molecule has 0 aliphatic heterocycles. The van der Waals surface area contributed by atoms with Crippen LogP contribution >= 0.6 is 23.2 Å². The SMILES string of the molecule is CCOC(=O)C(C)(C)Oc1ccc2c(CCN(CCc3cccc(-c4cccc(Cl)c4Cl)c3)C(N)=O)c[nH]c2c1. The van der Waals surface area contributed by atoms with E-state index in [1.165, 1.54) is 0 Å². The van der Waals surface area contributed by atoms with E-state index in [-0.39, 0.29) is 6.61 Å². The number of benzene rings is 3. The molecule has 0 aliphatic carbocycles. The summed E-state index contributed by atoms with van der Waals surface area (Å²) < 4.78 is 11.0. The molecule has 3 aromatic carbocycles. The van der Waals surface area contributed by atoms with Crippen LogP contribution in [0.2, 0.25) is 10.0 Å². The molecule has 4 aromatic rings. The van der Waals surface area contributed by atoms with Gasteiger partial charge in [0.1, 0.15) is 5.75 Å². The molecule has 0 fully saturated rings. The van der Waals surface area contributed by atoms with Crippen LogP contribution in [0.4, 0.5) is 4.79 Å². The fourth-order valence-electron chi connectivity index (χ4n) is 4.55. The number of aromatic amines is 1. The zero-order chi connectivity index (χ0) is 28.9. The van der Waals surface area contributed by atoms with Crippen molar-refractivity contribution in [3.05, 3.63) is 88.0 Å². The molecule has 1 aromatic heterocycles. The number of hydrogen-bond donors (Lipinski definition) is 2. The summed E-state index contributed by atoms with van der Waals surface area (Å²) in [6.07, 6.45) is 3.18. The quantitative estimate of drug-likeness (QED) is 0.186. The van der Waals surface area contributed by atoms with Gasteiger partial charge in [0, 0.05) is 41.8 Å². The van der Waals surface area contributed by atoms with Gasteiger partial charge in [-0.25, -0.2) is 9.59 Å². The van der Waals surface area contributed by atoms with Crippen molar-refractivity contribution in [2.45, 2.75) is 39.2 Å². The third-order valence-corrected chi connectivity index (χ3v) is 7.52. The Hall–Kier alpha value is -3.68. The average molecular weight is 583 g/mol. The van der Waals surface area contributed by atoms with Crippen molar-refractivity contribution < 1.29 is 19.1 Å². The zero-order valence-corrected chi connectivity index (χ0v) is 24.3. The number of nitrogens with one attached hydrogen (secondary N) is 1. The maximum Gasteiger partial charge on any atom is 0.349 e. The molecule has 0 spiro atoms. The summed E-state index contributed by atoms with van der Waals surface area (Å²) in [5.41, 5.74) is 9.42. The molecule has 0 saturated heterocycles. The number of halogens is 2. The van der Waals surface area contributed by atoms with Crippen LogP contribution in [-0.4, -0.2) is 47.2 Å². The molecule has 0 bridgehead atoms. The molecule has 0 saturated carbocycles. The van der Waals surface area contributed by atoms with E-state index in [0.29, 0.717) is 41.7 Å². The Morgan fingerprint density at radius 1 is 1.00 bits per heavy atom. The number of amides is 2. The van der Waals surface area contributed by atoms with Crippen molar-refractivity contribution in [2.24, 2.45) is 5.73 Å². The smallest absolute Gasteiger partial charge is 0.349 e. The van der Waals surface area contributed by atoms with Gasteiger partial charge in [0.15, 0.2) is 5.60 Å². The van der Waals surface area contributed by atoms with Crippen LogP contribution in [0.15, 0.2) is 66.9 Å². The molecular weight excluding hydrogens is 549 g/mol. The number of aromatic nitrogens is 1. The van der Waals surface area contributed by atoms with Gasteiger partial charge < -0.3 is 25.1 Å². The van der Waals surface area contributed by atoms with Gasteiger partial charge in [0.2, 0.25) is 0 Å². The number of nitrogens with two attached hydrogens (primary N) is 1. The van der Waals surface area contributed by atoms with Crippen LogP contribution in [0.25, 0.3) is 22.0 Å². The van der Waals surface area contributed by atoms with Gasteiger partial charge >= 0.3 is 12.0 Å². The second-order valence-electron chi connectivity index (χ2n) is 9.98. The normalized spacial score (nSPS) is 11.4. The van der Waals surface area contributed by atoms with Crippen LogP contribution in [-0.2, 0) is 22.4 Å². The first kappa shape index (κ1) is 29.3. The lowest BCUT2D eigenvalue weighted by Crippen LogP contribution is -2.39. The van der Waals surface area contributed by atoms with Crippen LogP contribution in [0.5, 0.6) is 5.75 Å². The highest BCUT2D eigenvalue weighted by molar-refractivity contribution is 6.43. The Bertz CT molecular complexity index is 1520. The van der Waals surface area contributed by atoms with Crippen LogP contribution in [0, 0.1) is 0 Å². The van der Waals surface area contributed by atoms with Gasteiger partial charge in [-0.3, -0.25) is 0 Å². The molecule has 2 amide bonds. The highest BCUT2D eigenvalue weighted by Crippen LogP contribution is 2.34. The maximum atomic E-state index is 12.2. The Labute approximate surface area is 244 Å². The predicted octanol–water partition coefficient (Wildman–Crippen LogP) is 7.03. The van der Waals surface area contributed by atoms with E-state index >= 15 is 0 Å². The Morgan fingerprint density at radius 3 is 2.50 bits per heavy atom. The number of urea groups is 1. The number of primary amides is 1. The second kappa shape index (κ2) is 12.7. The summed E-state index contributed by atoms with van der Waals surface area (Å²) in [4.78, 5) is 29.3. The second-order valence-corrected chi connectivity index (χ2v) is 10.8. The van der Waals surface area contributed by atoms with Crippen LogP contribution in [0.3, 0.4) is 0 Å². The minimum atomic E-state index is -1.11. The third kappa shape index (κ3) is 6.90.